The number of amides is 2. The van der Waals surface area contributed by atoms with Gasteiger partial charge >= 0.3 is 6.03 Å². The molecule has 40 heavy (non-hydrogen) atoms. The summed E-state index contributed by atoms with van der Waals surface area (Å²) in [5.41, 5.74) is 1.32. The number of nitrogens with zero attached hydrogens (tertiary/aromatic N) is 5. The summed E-state index contributed by atoms with van der Waals surface area (Å²) in [6, 6.07) is 9.78. The van der Waals surface area contributed by atoms with E-state index in [-0.39, 0.29) is 10.9 Å². The van der Waals surface area contributed by atoms with Crippen molar-refractivity contribution in [3.8, 4) is 11.5 Å². The number of methoxy groups -OCH3 is 1. The zero-order valence-electron chi connectivity index (χ0n) is 23.0. The van der Waals surface area contributed by atoms with Crippen molar-refractivity contribution in [2.45, 2.75) is 24.2 Å². The molecule has 214 valence electrons. The molecular weight excluding hydrogens is 532 g/mol. The summed E-state index contributed by atoms with van der Waals surface area (Å²) in [7, 11) is -1.65. The van der Waals surface area contributed by atoms with Gasteiger partial charge in [0.05, 0.1) is 24.1 Å². The molecule has 3 aromatic rings. The monoisotopic (exact) mass is 568 g/mol. The Hall–Kier alpha value is -3.64. The lowest BCUT2D eigenvalue weighted by molar-refractivity contribution is 0.208. The van der Waals surface area contributed by atoms with Crippen molar-refractivity contribution >= 4 is 38.3 Å². The highest BCUT2D eigenvalue weighted by Crippen LogP contribution is 2.35. The van der Waals surface area contributed by atoms with E-state index < -0.39 is 9.84 Å². The van der Waals surface area contributed by atoms with Crippen LogP contribution < -0.4 is 19.7 Å². The first-order chi connectivity index (χ1) is 19.3. The average Bonchev–Trinajstić information content (AvgIpc) is 3.48. The van der Waals surface area contributed by atoms with Crippen LogP contribution in [0.5, 0.6) is 11.5 Å². The number of hydrogen-bond acceptors (Lipinski definition) is 9. The first-order valence-corrected chi connectivity index (χ1v) is 15.5. The molecule has 5 rings (SSSR count). The molecule has 2 saturated heterocycles. The van der Waals surface area contributed by atoms with Gasteiger partial charge in [-0.25, -0.2) is 23.2 Å². The third-order valence-corrected chi connectivity index (χ3v) is 8.50. The summed E-state index contributed by atoms with van der Waals surface area (Å²) >= 11 is 0. The minimum absolute atomic E-state index is 0.212. The number of benzene rings is 2. The van der Waals surface area contributed by atoms with Crippen LogP contribution >= 0.6 is 0 Å². The Bertz CT molecular complexity index is 1440. The molecule has 2 aliphatic rings. The number of carbonyl (C=O) groups is 1. The van der Waals surface area contributed by atoms with Crippen LogP contribution in [-0.2, 0) is 9.84 Å². The van der Waals surface area contributed by atoms with E-state index in [4.69, 9.17) is 9.47 Å². The van der Waals surface area contributed by atoms with Crippen molar-refractivity contribution in [3.63, 3.8) is 0 Å². The molecule has 0 radical (unpaired) electrons. The number of sulfone groups is 1. The third kappa shape index (κ3) is 6.56. The highest BCUT2D eigenvalue weighted by atomic mass is 32.2. The number of urea groups is 1. The number of fused-ring (bicyclic) bond motifs is 1. The van der Waals surface area contributed by atoms with Crippen LogP contribution in [0.3, 0.4) is 0 Å². The summed E-state index contributed by atoms with van der Waals surface area (Å²) in [6.07, 6.45) is 6.24. The number of rotatable bonds is 9. The van der Waals surface area contributed by atoms with Gasteiger partial charge in [-0.05, 0) is 62.7 Å². The molecular formula is C28H36N6O5S. The van der Waals surface area contributed by atoms with Gasteiger partial charge in [-0.1, -0.05) is 0 Å². The minimum Gasteiger partial charge on any atom is -0.493 e. The maximum Gasteiger partial charge on any atom is 0.321 e. The zero-order valence-corrected chi connectivity index (χ0v) is 23.8. The molecule has 0 bridgehead atoms. The molecule has 3 heterocycles. The van der Waals surface area contributed by atoms with Crippen molar-refractivity contribution in [1.29, 1.82) is 0 Å². The number of carbonyl (C=O) groups excluding carboxylic acids is 1. The third-order valence-electron chi connectivity index (χ3n) is 7.37. The summed E-state index contributed by atoms with van der Waals surface area (Å²) in [5.74, 6) is 2.11. The predicted octanol–water partition coefficient (Wildman–Crippen LogP) is 3.26. The van der Waals surface area contributed by atoms with Gasteiger partial charge in [-0.2, -0.15) is 0 Å². The van der Waals surface area contributed by atoms with Crippen LogP contribution in [0.15, 0.2) is 47.6 Å². The summed E-state index contributed by atoms with van der Waals surface area (Å²) < 4.78 is 35.1. The van der Waals surface area contributed by atoms with Crippen molar-refractivity contribution in [1.82, 2.24) is 19.8 Å². The Kier molecular flexibility index (Phi) is 8.55. The van der Waals surface area contributed by atoms with Crippen molar-refractivity contribution in [2.24, 2.45) is 0 Å². The fourth-order valence-electron chi connectivity index (χ4n) is 5.16. The van der Waals surface area contributed by atoms with Crippen LogP contribution in [-0.4, -0.2) is 100 Å². The largest absolute Gasteiger partial charge is 0.493 e. The number of aromatic nitrogens is 2. The SMILES string of the molecule is COc1cc2c(N3CCN(C(=O)Nc4ccc(S(C)(=O)=O)cc4)CC3)ncnc2cc1OCCCN1CCCC1. The second-order valence-corrected chi connectivity index (χ2v) is 12.2. The van der Waals surface area contributed by atoms with E-state index in [2.05, 4.69) is 25.1 Å². The van der Waals surface area contributed by atoms with E-state index in [0.29, 0.717) is 50.0 Å². The van der Waals surface area contributed by atoms with E-state index in [1.807, 2.05) is 12.1 Å². The van der Waals surface area contributed by atoms with Crippen molar-refractivity contribution in [2.75, 3.05) is 76.0 Å². The molecule has 0 spiro atoms. The first kappa shape index (κ1) is 27.9. The Labute approximate surface area is 235 Å². The summed E-state index contributed by atoms with van der Waals surface area (Å²) in [4.78, 5) is 28.4. The van der Waals surface area contributed by atoms with Crippen molar-refractivity contribution < 1.29 is 22.7 Å². The number of anilines is 2. The lowest BCUT2D eigenvalue weighted by Gasteiger charge is -2.35. The van der Waals surface area contributed by atoms with Gasteiger partial charge in [0.25, 0.3) is 0 Å². The fourth-order valence-corrected chi connectivity index (χ4v) is 5.79. The Morgan fingerprint density at radius 3 is 2.38 bits per heavy atom. The quantitative estimate of drug-likeness (QED) is 0.388. The average molecular weight is 569 g/mol. The smallest absolute Gasteiger partial charge is 0.321 e. The fraction of sp³-hybridized carbons (Fsp3) is 0.464. The van der Waals surface area contributed by atoms with Crippen LogP contribution in [0.1, 0.15) is 19.3 Å². The molecule has 0 saturated carbocycles. The second-order valence-electron chi connectivity index (χ2n) is 10.2. The van der Waals surface area contributed by atoms with E-state index >= 15 is 0 Å². The summed E-state index contributed by atoms with van der Waals surface area (Å²) in [5, 5.41) is 3.72. The minimum atomic E-state index is -3.29. The van der Waals surface area contributed by atoms with Gasteiger partial charge in [0.2, 0.25) is 0 Å². The number of ether oxygens (including phenoxy) is 2. The van der Waals surface area contributed by atoms with Crippen molar-refractivity contribution in [3.05, 3.63) is 42.7 Å². The lowest BCUT2D eigenvalue weighted by Crippen LogP contribution is -2.50. The lowest BCUT2D eigenvalue weighted by atomic mass is 10.2. The van der Waals surface area contributed by atoms with E-state index in [1.165, 1.54) is 38.1 Å². The molecule has 0 unspecified atom stereocenters. The van der Waals surface area contributed by atoms with Gasteiger partial charge in [-0.3, -0.25) is 0 Å². The van der Waals surface area contributed by atoms with E-state index in [9.17, 15) is 13.2 Å². The topological polar surface area (TPSA) is 117 Å². The Balaban J connectivity index is 1.20. The standard InChI is InChI=1S/C28H36N6O5S/c1-38-25-18-23-24(19-26(25)39-17-5-12-32-10-3-4-11-32)29-20-30-27(23)33-13-15-34(16-14-33)28(35)31-21-6-8-22(9-7-21)40(2,36)37/h6-9,18-20H,3-5,10-17H2,1-2H3,(H,31,35). The van der Waals surface area contributed by atoms with Crippen LogP contribution in [0.2, 0.25) is 0 Å². The van der Waals surface area contributed by atoms with Gasteiger partial charge in [0.1, 0.15) is 12.1 Å². The number of nitrogens with one attached hydrogen (secondary N) is 1. The molecule has 2 fully saturated rings. The number of likely N-dealkylation sites (tertiary alicyclic amines) is 1. The summed E-state index contributed by atoms with van der Waals surface area (Å²) in [6.45, 7) is 6.23. The van der Waals surface area contributed by atoms with E-state index in [0.717, 1.165) is 35.9 Å². The number of piperazine rings is 1. The van der Waals surface area contributed by atoms with Crippen LogP contribution in [0, 0.1) is 0 Å². The molecule has 2 aromatic carbocycles. The first-order valence-electron chi connectivity index (χ1n) is 13.6. The number of hydrogen-bond donors (Lipinski definition) is 1. The molecule has 1 aromatic heterocycles. The highest BCUT2D eigenvalue weighted by molar-refractivity contribution is 7.90. The molecule has 0 aliphatic carbocycles. The van der Waals surface area contributed by atoms with Crippen LogP contribution in [0.4, 0.5) is 16.3 Å². The van der Waals surface area contributed by atoms with E-state index in [1.54, 1.807) is 30.5 Å². The maximum absolute atomic E-state index is 12.8. The van der Waals surface area contributed by atoms with Gasteiger partial charge < -0.3 is 29.5 Å². The molecule has 12 heteroatoms. The second kappa shape index (κ2) is 12.3. The molecule has 2 amide bonds. The highest BCUT2D eigenvalue weighted by Gasteiger charge is 2.24. The Morgan fingerprint density at radius 1 is 0.975 bits per heavy atom. The van der Waals surface area contributed by atoms with Crippen LogP contribution in [0.25, 0.3) is 10.9 Å². The van der Waals surface area contributed by atoms with Gasteiger partial charge in [0.15, 0.2) is 21.3 Å². The van der Waals surface area contributed by atoms with Gasteiger partial charge in [-0.15, -0.1) is 0 Å². The normalized spacial score (nSPS) is 16.4. The van der Waals surface area contributed by atoms with Gasteiger partial charge in [0, 0.05) is 56.1 Å². The predicted molar refractivity (Wildman–Crippen MR) is 154 cm³/mol. The Morgan fingerprint density at radius 2 is 1.70 bits per heavy atom. The molecule has 11 nitrogen and oxygen atoms in total. The maximum atomic E-state index is 12.8. The molecule has 2 aliphatic heterocycles. The molecule has 0 atom stereocenters. The molecule has 1 N–H and O–H groups in total. The zero-order chi connectivity index (χ0) is 28.1.